The number of hydrogen-bond acceptors (Lipinski definition) is 5. The number of carbonyl (C=O) groups is 1. The van der Waals surface area contributed by atoms with Crippen LogP contribution in [0.1, 0.15) is 12.8 Å². The molecule has 1 amide bonds. The third-order valence-corrected chi connectivity index (χ3v) is 4.27. The lowest BCUT2D eigenvalue weighted by Crippen LogP contribution is -2.30. The first-order valence-electron chi connectivity index (χ1n) is 6.61. The molecule has 1 aromatic carbocycles. The average molecular weight is 296 g/mol. The molecule has 0 saturated carbocycles. The standard InChI is InChI=1S/C14H20N2O3S/c1-18-13-5-4-10(15)7-12(13)16-14(17)3-2-6-20-11-8-19-9-11/h4-5,7,11H,2-3,6,8-9,15H2,1H3,(H,16,17). The van der Waals surface area contributed by atoms with Crippen molar-refractivity contribution >= 4 is 29.0 Å². The minimum atomic E-state index is -0.0145. The summed E-state index contributed by atoms with van der Waals surface area (Å²) in [4.78, 5) is 11.9. The van der Waals surface area contributed by atoms with Gasteiger partial charge in [0.1, 0.15) is 5.75 Å². The molecule has 0 aliphatic carbocycles. The molecule has 0 spiro atoms. The highest BCUT2D eigenvalue weighted by molar-refractivity contribution is 8.00. The minimum Gasteiger partial charge on any atom is -0.495 e. The smallest absolute Gasteiger partial charge is 0.224 e. The number of nitrogens with two attached hydrogens (primary N) is 1. The number of hydrogen-bond donors (Lipinski definition) is 2. The molecule has 20 heavy (non-hydrogen) atoms. The quantitative estimate of drug-likeness (QED) is 0.595. The first kappa shape index (κ1) is 15.0. The van der Waals surface area contributed by atoms with Gasteiger partial charge in [-0.15, -0.1) is 0 Å². The van der Waals surface area contributed by atoms with Crippen molar-refractivity contribution in [2.45, 2.75) is 18.1 Å². The van der Waals surface area contributed by atoms with Crippen LogP contribution >= 0.6 is 11.8 Å². The molecule has 1 aliphatic heterocycles. The van der Waals surface area contributed by atoms with Gasteiger partial charge in [-0.25, -0.2) is 0 Å². The van der Waals surface area contributed by atoms with Crippen molar-refractivity contribution < 1.29 is 14.3 Å². The Balaban J connectivity index is 1.74. The third kappa shape index (κ3) is 4.31. The van der Waals surface area contributed by atoms with Crippen molar-refractivity contribution in [1.82, 2.24) is 0 Å². The maximum absolute atomic E-state index is 11.9. The fraction of sp³-hybridized carbons (Fsp3) is 0.500. The van der Waals surface area contributed by atoms with Crippen molar-refractivity contribution in [2.75, 3.05) is 37.1 Å². The molecular formula is C14H20N2O3S. The summed E-state index contributed by atoms with van der Waals surface area (Å²) < 4.78 is 10.3. The lowest BCUT2D eigenvalue weighted by Gasteiger charge is -2.25. The Morgan fingerprint density at radius 2 is 2.35 bits per heavy atom. The van der Waals surface area contributed by atoms with Crippen LogP contribution in [0, 0.1) is 0 Å². The summed E-state index contributed by atoms with van der Waals surface area (Å²) in [5.74, 6) is 1.59. The van der Waals surface area contributed by atoms with Crippen LogP contribution < -0.4 is 15.8 Å². The first-order chi connectivity index (χ1) is 9.69. The van der Waals surface area contributed by atoms with Gasteiger partial charge in [0.05, 0.1) is 31.3 Å². The maximum atomic E-state index is 11.9. The Hall–Kier alpha value is -1.40. The number of nitrogen functional groups attached to an aromatic ring is 1. The number of rotatable bonds is 7. The predicted octanol–water partition coefficient (Wildman–Crippen LogP) is 2.13. The summed E-state index contributed by atoms with van der Waals surface area (Å²) in [5.41, 5.74) is 6.93. The Morgan fingerprint density at radius 3 is 3.00 bits per heavy atom. The van der Waals surface area contributed by atoms with Crippen LogP contribution in [0.4, 0.5) is 11.4 Å². The molecule has 0 bridgehead atoms. The van der Waals surface area contributed by atoms with E-state index in [2.05, 4.69) is 5.32 Å². The zero-order valence-corrected chi connectivity index (χ0v) is 12.4. The summed E-state index contributed by atoms with van der Waals surface area (Å²) >= 11 is 1.87. The molecule has 3 N–H and O–H groups in total. The van der Waals surface area contributed by atoms with Crippen molar-refractivity contribution in [3.05, 3.63) is 18.2 Å². The van der Waals surface area contributed by atoms with Gasteiger partial charge in [-0.2, -0.15) is 11.8 Å². The van der Waals surface area contributed by atoms with Gasteiger partial charge in [0.2, 0.25) is 5.91 Å². The number of carbonyl (C=O) groups excluding carboxylic acids is 1. The zero-order chi connectivity index (χ0) is 14.4. The molecule has 0 unspecified atom stereocenters. The van der Waals surface area contributed by atoms with E-state index in [1.807, 2.05) is 11.8 Å². The van der Waals surface area contributed by atoms with E-state index >= 15 is 0 Å². The van der Waals surface area contributed by atoms with E-state index in [4.69, 9.17) is 15.2 Å². The predicted molar refractivity (Wildman–Crippen MR) is 82.3 cm³/mol. The molecule has 1 heterocycles. The number of anilines is 2. The minimum absolute atomic E-state index is 0.0145. The van der Waals surface area contributed by atoms with Gasteiger partial charge in [0.15, 0.2) is 0 Å². The van der Waals surface area contributed by atoms with Crippen LogP contribution in [0.2, 0.25) is 0 Å². The van der Waals surface area contributed by atoms with E-state index in [9.17, 15) is 4.79 Å². The van der Waals surface area contributed by atoms with E-state index in [0.29, 0.717) is 28.8 Å². The third-order valence-electron chi connectivity index (χ3n) is 3.01. The van der Waals surface area contributed by atoms with Gasteiger partial charge in [-0.05, 0) is 30.4 Å². The largest absolute Gasteiger partial charge is 0.495 e. The summed E-state index contributed by atoms with van der Waals surface area (Å²) in [6.07, 6.45) is 1.36. The average Bonchev–Trinajstić information content (AvgIpc) is 2.36. The van der Waals surface area contributed by atoms with E-state index in [0.717, 1.165) is 25.4 Å². The molecule has 1 aliphatic rings. The lowest BCUT2D eigenvalue weighted by atomic mass is 10.2. The van der Waals surface area contributed by atoms with Crippen LogP contribution in [0.15, 0.2) is 18.2 Å². The van der Waals surface area contributed by atoms with Gasteiger partial charge < -0.3 is 20.5 Å². The van der Waals surface area contributed by atoms with Gasteiger partial charge >= 0.3 is 0 Å². The molecule has 1 fully saturated rings. The highest BCUT2D eigenvalue weighted by Gasteiger charge is 2.18. The van der Waals surface area contributed by atoms with Gasteiger partial charge in [-0.3, -0.25) is 4.79 Å². The fourth-order valence-corrected chi connectivity index (χ4v) is 2.86. The molecule has 0 radical (unpaired) electrons. The van der Waals surface area contributed by atoms with Crippen LogP contribution in [-0.4, -0.2) is 37.2 Å². The monoisotopic (exact) mass is 296 g/mol. The molecule has 1 saturated heterocycles. The molecule has 1 aromatic rings. The van der Waals surface area contributed by atoms with Crippen LogP contribution in [-0.2, 0) is 9.53 Å². The van der Waals surface area contributed by atoms with Crippen molar-refractivity contribution in [3.63, 3.8) is 0 Å². The fourth-order valence-electron chi connectivity index (χ4n) is 1.83. The molecule has 110 valence electrons. The summed E-state index contributed by atoms with van der Waals surface area (Å²) in [7, 11) is 1.57. The molecule has 6 heteroatoms. The summed E-state index contributed by atoms with van der Waals surface area (Å²) in [5, 5.41) is 3.46. The second-order valence-corrected chi connectivity index (χ2v) is 6.05. The van der Waals surface area contributed by atoms with Gasteiger partial charge in [-0.1, -0.05) is 0 Å². The van der Waals surface area contributed by atoms with E-state index < -0.39 is 0 Å². The highest BCUT2D eigenvalue weighted by atomic mass is 32.2. The van der Waals surface area contributed by atoms with E-state index in [1.54, 1.807) is 25.3 Å². The van der Waals surface area contributed by atoms with Crippen LogP contribution in [0.25, 0.3) is 0 Å². The number of ether oxygens (including phenoxy) is 2. The Labute approximate surface area is 123 Å². The van der Waals surface area contributed by atoms with E-state index in [1.165, 1.54) is 0 Å². The topological polar surface area (TPSA) is 73.6 Å². The number of thioether (sulfide) groups is 1. The van der Waals surface area contributed by atoms with Crippen LogP contribution in [0.3, 0.4) is 0 Å². The Bertz CT molecular complexity index is 464. The SMILES string of the molecule is COc1ccc(N)cc1NC(=O)CCCSC1COC1. The highest BCUT2D eigenvalue weighted by Crippen LogP contribution is 2.27. The Kier molecular flexibility index (Phi) is 5.55. The first-order valence-corrected chi connectivity index (χ1v) is 7.66. The molecule has 5 nitrogen and oxygen atoms in total. The Morgan fingerprint density at radius 1 is 1.55 bits per heavy atom. The lowest BCUT2D eigenvalue weighted by molar-refractivity contribution is -0.116. The van der Waals surface area contributed by atoms with Gasteiger partial charge in [0, 0.05) is 12.1 Å². The summed E-state index contributed by atoms with van der Waals surface area (Å²) in [6.45, 7) is 1.69. The zero-order valence-electron chi connectivity index (χ0n) is 11.6. The van der Waals surface area contributed by atoms with Crippen molar-refractivity contribution in [1.29, 1.82) is 0 Å². The maximum Gasteiger partial charge on any atom is 0.224 e. The number of amides is 1. The molecule has 0 aromatic heterocycles. The normalized spacial score (nSPS) is 14.7. The number of benzene rings is 1. The van der Waals surface area contributed by atoms with E-state index in [-0.39, 0.29) is 5.91 Å². The van der Waals surface area contributed by atoms with Crippen molar-refractivity contribution in [2.24, 2.45) is 0 Å². The molecular weight excluding hydrogens is 276 g/mol. The van der Waals surface area contributed by atoms with Gasteiger partial charge in [0.25, 0.3) is 0 Å². The van der Waals surface area contributed by atoms with Crippen LogP contribution in [0.5, 0.6) is 5.75 Å². The number of methoxy groups -OCH3 is 1. The second kappa shape index (κ2) is 7.40. The van der Waals surface area contributed by atoms with Crippen molar-refractivity contribution in [3.8, 4) is 5.75 Å². The molecule has 0 atom stereocenters. The second-order valence-electron chi connectivity index (χ2n) is 4.64. The molecule has 2 rings (SSSR count). The summed E-state index contributed by atoms with van der Waals surface area (Å²) in [6, 6.07) is 5.19. The number of nitrogens with one attached hydrogen (secondary N) is 1.